The van der Waals surface area contributed by atoms with Crippen molar-refractivity contribution in [2.45, 2.75) is 6.18 Å². The van der Waals surface area contributed by atoms with Gasteiger partial charge in [-0.15, -0.1) is 0 Å². The molecule has 1 aliphatic heterocycles. The van der Waals surface area contributed by atoms with Crippen molar-refractivity contribution in [1.29, 1.82) is 0 Å². The smallest absolute Gasteiger partial charge is 0.368 e. The highest BCUT2D eigenvalue weighted by molar-refractivity contribution is 6.33. The molecule has 6 nitrogen and oxygen atoms in total. The summed E-state index contributed by atoms with van der Waals surface area (Å²) in [6.45, 7) is 3.14. The normalized spacial score (nSPS) is 14.4. The second kappa shape index (κ2) is 9.35. The monoisotopic (exact) mass is 476 g/mol. The largest absolute Gasteiger partial charge is 0.416 e. The van der Waals surface area contributed by atoms with E-state index < -0.39 is 11.7 Å². The van der Waals surface area contributed by atoms with Gasteiger partial charge >= 0.3 is 6.18 Å². The SMILES string of the molecule is CN(C)c1cc(Nc2ccc(C(F)(F)F)cc2Cl)nc(N2CCN(c3ccccc3)CC2)n1. The highest BCUT2D eigenvalue weighted by Crippen LogP contribution is 2.35. The highest BCUT2D eigenvalue weighted by Gasteiger charge is 2.31. The fraction of sp³-hybridized carbons (Fsp3) is 0.304. The summed E-state index contributed by atoms with van der Waals surface area (Å²) in [6, 6.07) is 15.2. The van der Waals surface area contributed by atoms with Gasteiger partial charge in [0.05, 0.1) is 16.3 Å². The minimum absolute atomic E-state index is 0.0344. The lowest BCUT2D eigenvalue weighted by Crippen LogP contribution is -2.47. The molecule has 1 aromatic heterocycles. The molecule has 1 saturated heterocycles. The number of alkyl halides is 3. The topological polar surface area (TPSA) is 47.5 Å². The number of nitrogens with zero attached hydrogens (tertiary/aromatic N) is 5. The molecule has 0 atom stereocenters. The maximum Gasteiger partial charge on any atom is 0.416 e. The Labute approximate surface area is 195 Å². The van der Waals surface area contributed by atoms with Crippen LogP contribution >= 0.6 is 11.6 Å². The number of nitrogens with one attached hydrogen (secondary N) is 1. The van der Waals surface area contributed by atoms with Crippen LogP contribution in [0.25, 0.3) is 0 Å². The van der Waals surface area contributed by atoms with Crippen molar-refractivity contribution in [3.63, 3.8) is 0 Å². The van der Waals surface area contributed by atoms with Crippen LogP contribution in [-0.2, 0) is 6.18 Å². The quantitative estimate of drug-likeness (QED) is 0.540. The van der Waals surface area contributed by atoms with Gasteiger partial charge in [-0.2, -0.15) is 23.1 Å². The van der Waals surface area contributed by atoms with Crippen LogP contribution in [0.5, 0.6) is 0 Å². The minimum Gasteiger partial charge on any atom is -0.368 e. The highest BCUT2D eigenvalue weighted by atomic mass is 35.5. The Kier molecular flexibility index (Phi) is 6.51. The van der Waals surface area contributed by atoms with E-state index in [-0.39, 0.29) is 5.02 Å². The molecule has 1 fully saturated rings. The van der Waals surface area contributed by atoms with Crippen LogP contribution < -0.4 is 20.0 Å². The standard InChI is InChI=1S/C23H24ClF3N6/c1-31(2)21-15-20(28-19-9-8-16(14-18(19)24)23(25,26)27)29-22(30-21)33-12-10-32(11-13-33)17-6-4-3-5-7-17/h3-9,14-15H,10-13H2,1-2H3,(H,28,29,30). The van der Waals surface area contributed by atoms with Crippen LogP contribution in [-0.4, -0.2) is 50.2 Å². The number of hydrogen-bond acceptors (Lipinski definition) is 6. The van der Waals surface area contributed by atoms with Gasteiger partial charge in [0.25, 0.3) is 0 Å². The molecule has 0 amide bonds. The van der Waals surface area contributed by atoms with Crippen LogP contribution in [0.4, 0.5) is 42.1 Å². The van der Waals surface area contributed by atoms with E-state index in [4.69, 9.17) is 11.6 Å². The van der Waals surface area contributed by atoms with Gasteiger partial charge in [0, 0.05) is 52.0 Å². The lowest BCUT2D eigenvalue weighted by molar-refractivity contribution is -0.137. The first-order chi connectivity index (χ1) is 15.7. The molecular formula is C23H24ClF3N6. The van der Waals surface area contributed by atoms with Crippen molar-refractivity contribution in [1.82, 2.24) is 9.97 Å². The number of piperazine rings is 1. The summed E-state index contributed by atoms with van der Waals surface area (Å²) in [5, 5.41) is 3.01. The molecule has 0 aliphatic carbocycles. The van der Waals surface area contributed by atoms with E-state index in [9.17, 15) is 13.2 Å². The van der Waals surface area contributed by atoms with Gasteiger partial charge < -0.3 is 20.0 Å². The molecule has 1 N–H and O–H groups in total. The van der Waals surface area contributed by atoms with Crippen LogP contribution in [0.1, 0.15) is 5.56 Å². The maximum absolute atomic E-state index is 12.9. The number of aromatic nitrogens is 2. The number of hydrogen-bond donors (Lipinski definition) is 1. The Morgan fingerprint density at radius 3 is 2.18 bits per heavy atom. The first kappa shape index (κ1) is 23.0. The summed E-state index contributed by atoms with van der Waals surface area (Å²) < 4.78 is 38.8. The number of halogens is 4. The molecule has 1 aliphatic rings. The second-order valence-electron chi connectivity index (χ2n) is 7.93. The Morgan fingerprint density at radius 1 is 0.909 bits per heavy atom. The van der Waals surface area contributed by atoms with E-state index in [1.54, 1.807) is 6.07 Å². The fourth-order valence-electron chi connectivity index (χ4n) is 3.59. The summed E-state index contributed by atoms with van der Waals surface area (Å²) in [7, 11) is 3.74. The molecule has 0 spiro atoms. The summed E-state index contributed by atoms with van der Waals surface area (Å²) in [5.74, 6) is 1.69. The van der Waals surface area contributed by atoms with Crippen molar-refractivity contribution >= 4 is 40.6 Å². The first-order valence-electron chi connectivity index (χ1n) is 10.5. The third-order valence-electron chi connectivity index (χ3n) is 5.40. The Bertz CT molecular complexity index is 1100. The predicted molar refractivity (Wildman–Crippen MR) is 127 cm³/mol. The maximum atomic E-state index is 12.9. The average molecular weight is 477 g/mol. The zero-order valence-electron chi connectivity index (χ0n) is 18.3. The lowest BCUT2D eigenvalue weighted by atomic mass is 10.2. The number of para-hydroxylation sites is 1. The van der Waals surface area contributed by atoms with Gasteiger partial charge in [0.2, 0.25) is 5.95 Å². The molecular weight excluding hydrogens is 453 g/mol. The van der Waals surface area contributed by atoms with Crippen LogP contribution in [0.3, 0.4) is 0 Å². The predicted octanol–water partition coefficient (Wildman–Crippen LogP) is 5.29. The first-order valence-corrected chi connectivity index (χ1v) is 10.8. The van der Waals surface area contributed by atoms with E-state index in [0.717, 1.165) is 38.3 Å². The minimum atomic E-state index is -4.45. The molecule has 0 saturated carbocycles. The Balaban J connectivity index is 1.54. The number of benzene rings is 2. The number of anilines is 5. The van der Waals surface area contributed by atoms with Gasteiger partial charge in [-0.1, -0.05) is 29.8 Å². The van der Waals surface area contributed by atoms with E-state index in [1.165, 1.54) is 11.8 Å². The molecule has 10 heteroatoms. The molecule has 0 unspecified atom stereocenters. The van der Waals surface area contributed by atoms with Crippen molar-refractivity contribution in [2.24, 2.45) is 0 Å². The van der Waals surface area contributed by atoms with Crippen molar-refractivity contribution < 1.29 is 13.2 Å². The van der Waals surface area contributed by atoms with Crippen molar-refractivity contribution in [3.05, 3.63) is 65.2 Å². The molecule has 3 aromatic rings. The Hall–Kier alpha value is -3.20. The van der Waals surface area contributed by atoms with Crippen LogP contribution in [0.15, 0.2) is 54.6 Å². The second-order valence-corrected chi connectivity index (χ2v) is 8.34. The Morgan fingerprint density at radius 2 is 1.58 bits per heavy atom. The molecule has 2 heterocycles. The zero-order valence-corrected chi connectivity index (χ0v) is 19.0. The van der Waals surface area contributed by atoms with E-state index in [0.29, 0.717) is 23.3 Å². The van der Waals surface area contributed by atoms with E-state index >= 15 is 0 Å². The van der Waals surface area contributed by atoms with E-state index in [2.05, 4.69) is 37.2 Å². The molecule has 174 valence electrons. The van der Waals surface area contributed by atoms with Gasteiger partial charge in [-0.05, 0) is 30.3 Å². The molecule has 4 rings (SSSR count). The molecule has 33 heavy (non-hydrogen) atoms. The molecule has 2 aromatic carbocycles. The average Bonchev–Trinajstić information content (AvgIpc) is 2.80. The van der Waals surface area contributed by atoms with Crippen molar-refractivity contribution in [3.8, 4) is 0 Å². The molecule has 0 bridgehead atoms. The van der Waals surface area contributed by atoms with Crippen molar-refractivity contribution in [2.75, 3.05) is 60.3 Å². The van der Waals surface area contributed by atoms with Crippen LogP contribution in [0.2, 0.25) is 5.02 Å². The summed E-state index contributed by atoms with van der Waals surface area (Å²) in [4.78, 5) is 15.6. The summed E-state index contributed by atoms with van der Waals surface area (Å²) >= 11 is 6.12. The van der Waals surface area contributed by atoms with Gasteiger partial charge in [-0.3, -0.25) is 0 Å². The molecule has 0 radical (unpaired) electrons. The van der Waals surface area contributed by atoms with Gasteiger partial charge in [-0.25, -0.2) is 0 Å². The van der Waals surface area contributed by atoms with Gasteiger partial charge in [0.15, 0.2) is 0 Å². The number of rotatable bonds is 5. The fourth-order valence-corrected chi connectivity index (χ4v) is 3.82. The summed E-state index contributed by atoms with van der Waals surface area (Å²) in [5.41, 5.74) is 0.721. The lowest BCUT2D eigenvalue weighted by Gasteiger charge is -2.36. The van der Waals surface area contributed by atoms with Gasteiger partial charge in [0.1, 0.15) is 11.6 Å². The third-order valence-corrected chi connectivity index (χ3v) is 5.71. The zero-order chi connectivity index (χ0) is 23.6. The van der Waals surface area contributed by atoms with E-state index in [1.807, 2.05) is 37.2 Å². The summed E-state index contributed by atoms with van der Waals surface area (Å²) in [6.07, 6.45) is -4.45. The van der Waals surface area contributed by atoms with Crippen LogP contribution in [0, 0.1) is 0 Å². The third kappa shape index (κ3) is 5.42.